The number of anilines is 1. The number of rotatable bonds is 4. The molecule has 0 saturated carbocycles. The zero-order chi connectivity index (χ0) is 16.9. The van der Waals surface area contributed by atoms with E-state index in [2.05, 4.69) is 21.2 Å². The monoisotopic (exact) mass is 400 g/mol. The molecule has 1 aromatic heterocycles. The highest BCUT2D eigenvalue weighted by molar-refractivity contribution is 9.10. The maximum atomic E-state index is 12.1. The molecule has 0 atom stereocenters. The van der Waals surface area contributed by atoms with Crippen molar-refractivity contribution in [2.24, 2.45) is 0 Å². The van der Waals surface area contributed by atoms with Gasteiger partial charge in [0, 0.05) is 32.1 Å². The van der Waals surface area contributed by atoms with Crippen LogP contribution in [0.4, 0.5) is 5.69 Å². The molecule has 0 aliphatic heterocycles. The smallest absolute Gasteiger partial charge is 0.256 e. The lowest BCUT2D eigenvalue weighted by Crippen LogP contribution is -2.25. The molecule has 3 rings (SSSR count). The van der Waals surface area contributed by atoms with E-state index in [1.165, 1.54) is 24.5 Å². The van der Waals surface area contributed by atoms with Crippen LogP contribution in [0.1, 0.15) is 10.4 Å². The summed E-state index contributed by atoms with van der Waals surface area (Å²) in [5.74, 6) is -0.246. The van der Waals surface area contributed by atoms with Gasteiger partial charge in [-0.3, -0.25) is 4.79 Å². The van der Waals surface area contributed by atoms with Gasteiger partial charge in [0.05, 0.1) is 5.56 Å². The van der Waals surface area contributed by atoms with Gasteiger partial charge >= 0.3 is 0 Å². The number of halogens is 1. The second kappa shape index (κ2) is 7.51. The Bertz CT molecular complexity index is 834. The van der Waals surface area contributed by atoms with Gasteiger partial charge in [-0.25, -0.2) is 0 Å². The highest BCUT2D eigenvalue weighted by atomic mass is 79.9. The summed E-state index contributed by atoms with van der Waals surface area (Å²) < 4.78 is 1.69. The number of nitrogens with zero attached hydrogens (tertiary/aromatic N) is 1. The molecule has 0 radical (unpaired) electrons. The van der Waals surface area contributed by atoms with Crippen LogP contribution in [0, 0.1) is 5.21 Å². The van der Waals surface area contributed by atoms with Crippen molar-refractivity contribution in [2.75, 3.05) is 5.32 Å². The third-order valence-electron chi connectivity index (χ3n) is 3.23. The van der Waals surface area contributed by atoms with E-state index >= 15 is 0 Å². The molecule has 0 unspecified atom stereocenters. The lowest BCUT2D eigenvalue weighted by Gasteiger charge is -2.07. The Morgan fingerprint density at radius 2 is 1.46 bits per heavy atom. The molecule has 0 saturated heterocycles. The van der Waals surface area contributed by atoms with Crippen molar-refractivity contribution in [3.63, 3.8) is 0 Å². The van der Waals surface area contributed by atoms with Crippen LogP contribution in [0.15, 0.2) is 87.3 Å². The second-order valence-electron chi connectivity index (χ2n) is 4.98. The predicted octanol–water partition coefficient (Wildman–Crippen LogP) is 4.49. The average molecular weight is 401 g/mol. The average Bonchev–Trinajstić information content (AvgIpc) is 2.59. The molecule has 0 aliphatic carbocycles. The van der Waals surface area contributed by atoms with Crippen molar-refractivity contribution in [1.82, 2.24) is 0 Å². The van der Waals surface area contributed by atoms with E-state index in [1.807, 2.05) is 48.5 Å². The third kappa shape index (κ3) is 4.37. The molecule has 2 aromatic carbocycles. The Kier molecular flexibility index (Phi) is 5.17. The van der Waals surface area contributed by atoms with Crippen molar-refractivity contribution in [3.05, 3.63) is 88.3 Å². The first-order valence-corrected chi connectivity index (χ1v) is 8.75. The highest BCUT2D eigenvalue weighted by Crippen LogP contribution is 2.29. The Balaban J connectivity index is 1.64. The largest absolute Gasteiger partial charge is 0.619 e. The van der Waals surface area contributed by atoms with E-state index < -0.39 is 0 Å². The van der Waals surface area contributed by atoms with Gasteiger partial charge in [-0.05, 0) is 48.5 Å². The van der Waals surface area contributed by atoms with Crippen LogP contribution in [0.2, 0.25) is 0 Å². The van der Waals surface area contributed by atoms with Crippen molar-refractivity contribution >= 4 is 39.3 Å². The number of pyridine rings is 1. The first kappa shape index (κ1) is 16.5. The van der Waals surface area contributed by atoms with E-state index in [1.54, 1.807) is 11.8 Å². The van der Waals surface area contributed by atoms with Crippen LogP contribution in [0.25, 0.3) is 0 Å². The topological polar surface area (TPSA) is 56.0 Å². The van der Waals surface area contributed by atoms with Gasteiger partial charge in [0.15, 0.2) is 12.4 Å². The second-order valence-corrected chi connectivity index (χ2v) is 7.04. The normalized spacial score (nSPS) is 10.4. The summed E-state index contributed by atoms with van der Waals surface area (Å²) >= 11 is 5.07. The number of carbonyl (C=O) groups is 1. The molecule has 24 heavy (non-hydrogen) atoms. The summed E-state index contributed by atoms with van der Waals surface area (Å²) in [6.07, 6.45) is 2.60. The minimum Gasteiger partial charge on any atom is -0.619 e. The van der Waals surface area contributed by atoms with Gasteiger partial charge in [0.25, 0.3) is 5.91 Å². The molecule has 1 amide bonds. The molecule has 0 aliphatic rings. The van der Waals surface area contributed by atoms with Gasteiger partial charge in [-0.2, -0.15) is 4.73 Å². The highest BCUT2D eigenvalue weighted by Gasteiger charge is 2.07. The fraction of sp³-hybridized carbons (Fsp3) is 0. The van der Waals surface area contributed by atoms with E-state index in [0.717, 1.165) is 14.3 Å². The summed E-state index contributed by atoms with van der Waals surface area (Å²) in [4.78, 5) is 14.3. The van der Waals surface area contributed by atoms with Crippen LogP contribution >= 0.6 is 27.7 Å². The van der Waals surface area contributed by atoms with Crippen LogP contribution in [-0.2, 0) is 0 Å². The van der Waals surface area contributed by atoms with Crippen molar-refractivity contribution < 1.29 is 9.52 Å². The third-order valence-corrected chi connectivity index (χ3v) is 4.77. The Morgan fingerprint density at radius 3 is 2.04 bits per heavy atom. The predicted molar refractivity (Wildman–Crippen MR) is 98.1 cm³/mol. The molecule has 0 fully saturated rings. The van der Waals surface area contributed by atoms with Crippen LogP contribution in [0.5, 0.6) is 0 Å². The zero-order valence-electron chi connectivity index (χ0n) is 12.5. The molecule has 0 bridgehead atoms. The van der Waals surface area contributed by atoms with E-state index in [4.69, 9.17) is 0 Å². The van der Waals surface area contributed by atoms with Crippen molar-refractivity contribution in [1.29, 1.82) is 0 Å². The Labute approximate surface area is 152 Å². The van der Waals surface area contributed by atoms with Crippen LogP contribution in [-0.4, -0.2) is 5.91 Å². The number of aromatic nitrogens is 1. The summed E-state index contributed by atoms with van der Waals surface area (Å²) in [6, 6.07) is 18.7. The van der Waals surface area contributed by atoms with Crippen LogP contribution < -0.4 is 10.0 Å². The maximum Gasteiger partial charge on any atom is 0.256 e. The number of hydrogen-bond acceptors (Lipinski definition) is 3. The van der Waals surface area contributed by atoms with Gasteiger partial charge in [0.1, 0.15) is 0 Å². The molecule has 6 heteroatoms. The summed E-state index contributed by atoms with van der Waals surface area (Å²) in [5.41, 5.74) is 1.15. The molecule has 120 valence electrons. The quantitative estimate of drug-likeness (QED) is 0.518. The van der Waals surface area contributed by atoms with Gasteiger partial charge in [0.2, 0.25) is 0 Å². The SMILES string of the molecule is O=C(Nc1ccc(Sc2ccc(Br)cc2)cc1)c1cc[n+]([O-])cc1. The fourth-order valence-corrected chi connectivity index (χ4v) is 3.09. The maximum absolute atomic E-state index is 12.1. The lowest BCUT2D eigenvalue weighted by atomic mass is 10.2. The van der Waals surface area contributed by atoms with Crippen molar-refractivity contribution in [2.45, 2.75) is 9.79 Å². The summed E-state index contributed by atoms with van der Waals surface area (Å²) in [5, 5.41) is 13.8. The van der Waals surface area contributed by atoms with E-state index in [-0.39, 0.29) is 5.91 Å². The number of benzene rings is 2. The van der Waals surface area contributed by atoms with E-state index in [9.17, 15) is 10.0 Å². The lowest BCUT2D eigenvalue weighted by molar-refractivity contribution is -0.605. The van der Waals surface area contributed by atoms with Gasteiger partial charge < -0.3 is 10.5 Å². The Hall–Kier alpha value is -2.31. The van der Waals surface area contributed by atoms with Gasteiger partial charge in [-0.15, -0.1) is 0 Å². The minimum absolute atomic E-state index is 0.246. The first-order valence-electron chi connectivity index (χ1n) is 7.14. The molecule has 1 N–H and O–H groups in total. The zero-order valence-corrected chi connectivity index (χ0v) is 14.9. The summed E-state index contributed by atoms with van der Waals surface area (Å²) in [6.45, 7) is 0. The van der Waals surface area contributed by atoms with E-state index in [0.29, 0.717) is 16.0 Å². The number of nitrogens with one attached hydrogen (secondary N) is 1. The van der Waals surface area contributed by atoms with Crippen molar-refractivity contribution in [3.8, 4) is 0 Å². The summed E-state index contributed by atoms with van der Waals surface area (Å²) in [7, 11) is 0. The Morgan fingerprint density at radius 1 is 0.917 bits per heavy atom. The molecule has 4 nitrogen and oxygen atoms in total. The first-order chi connectivity index (χ1) is 11.6. The van der Waals surface area contributed by atoms with Crippen LogP contribution in [0.3, 0.4) is 0 Å². The molecule has 0 spiro atoms. The molecule has 1 heterocycles. The number of amides is 1. The number of carbonyl (C=O) groups excluding carboxylic acids is 1. The fourth-order valence-electron chi connectivity index (χ4n) is 2.01. The minimum atomic E-state index is -0.246. The number of hydrogen-bond donors (Lipinski definition) is 1. The standard InChI is InChI=1S/C18H13BrN2O2S/c19-14-1-5-16(6-2-14)24-17-7-3-15(4-8-17)20-18(22)13-9-11-21(23)12-10-13/h1-12H,(H,20,22). The molecular weight excluding hydrogens is 388 g/mol. The van der Waals surface area contributed by atoms with Gasteiger partial charge in [-0.1, -0.05) is 27.7 Å². The molecule has 3 aromatic rings. The molecular formula is C18H13BrN2O2S.